The fraction of sp³-hybridized carbons (Fsp3) is 0.650. The number of rotatable bonds is 3. The van der Waals surface area contributed by atoms with Crippen LogP contribution in [0.15, 0.2) is 24.3 Å². The molecular formula is C20H29FN2O. The highest BCUT2D eigenvalue weighted by molar-refractivity contribution is 5.94. The van der Waals surface area contributed by atoms with Crippen molar-refractivity contribution in [1.29, 1.82) is 0 Å². The molecule has 0 bridgehead atoms. The first-order valence-electron chi connectivity index (χ1n) is 9.42. The summed E-state index contributed by atoms with van der Waals surface area (Å²) in [7, 11) is 0. The van der Waals surface area contributed by atoms with Gasteiger partial charge in [-0.05, 0) is 62.9 Å². The molecular weight excluding hydrogens is 303 g/mol. The molecule has 2 saturated heterocycles. The third-order valence-electron chi connectivity index (χ3n) is 5.55. The van der Waals surface area contributed by atoms with Gasteiger partial charge in [0.15, 0.2) is 0 Å². The minimum atomic E-state index is -0.336. The fourth-order valence-electron chi connectivity index (χ4n) is 3.96. The Morgan fingerprint density at radius 1 is 1.12 bits per heavy atom. The van der Waals surface area contributed by atoms with E-state index in [-0.39, 0.29) is 17.8 Å². The zero-order valence-corrected chi connectivity index (χ0v) is 14.7. The van der Waals surface area contributed by atoms with Crippen molar-refractivity contribution in [3.05, 3.63) is 35.6 Å². The van der Waals surface area contributed by atoms with Crippen LogP contribution in [0.2, 0.25) is 0 Å². The molecule has 132 valence electrons. The number of piperidine rings is 1. The van der Waals surface area contributed by atoms with Crippen molar-refractivity contribution in [2.45, 2.75) is 51.5 Å². The summed E-state index contributed by atoms with van der Waals surface area (Å²) >= 11 is 0. The highest BCUT2D eigenvalue weighted by Gasteiger charge is 2.29. The van der Waals surface area contributed by atoms with Crippen molar-refractivity contribution in [3.8, 4) is 0 Å². The first kappa shape index (κ1) is 17.4. The van der Waals surface area contributed by atoms with Gasteiger partial charge in [-0.25, -0.2) is 4.39 Å². The van der Waals surface area contributed by atoms with E-state index in [9.17, 15) is 9.18 Å². The van der Waals surface area contributed by atoms with Crippen LogP contribution in [0.5, 0.6) is 0 Å². The van der Waals surface area contributed by atoms with Crippen LogP contribution in [-0.4, -0.2) is 47.9 Å². The summed E-state index contributed by atoms with van der Waals surface area (Å²) in [5.41, 5.74) is 0.481. The standard InChI is InChI=1S/C20H29FN2O/c1-16-9-12-22(13-10-16)15-19-8-3-2-4-11-23(19)20(24)17-6-5-7-18(21)14-17/h5-7,14,16,19H,2-4,8-13,15H2,1H3. The summed E-state index contributed by atoms with van der Waals surface area (Å²) in [4.78, 5) is 17.5. The zero-order chi connectivity index (χ0) is 16.9. The predicted octanol–water partition coefficient (Wildman–Crippen LogP) is 3.94. The lowest BCUT2D eigenvalue weighted by molar-refractivity contribution is 0.0605. The van der Waals surface area contributed by atoms with E-state index in [2.05, 4.69) is 11.8 Å². The average molecular weight is 332 g/mol. The number of likely N-dealkylation sites (tertiary alicyclic amines) is 2. The normalized spacial score (nSPS) is 23.9. The molecule has 1 aromatic rings. The first-order chi connectivity index (χ1) is 11.6. The molecule has 1 unspecified atom stereocenters. The molecule has 3 rings (SSSR count). The number of hydrogen-bond donors (Lipinski definition) is 0. The van der Waals surface area contributed by atoms with Gasteiger partial charge >= 0.3 is 0 Å². The number of benzene rings is 1. The van der Waals surface area contributed by atoms with Crippen LogP contribution in [0.1, 0.15) is 55.8 Å². The number of carbonyl (C=O) groups is 1. The van der Waals surface area contributed by atoms with Gasteiger partial charge in [-0.3, -0.25) is 4.79 Å². The van der Waals surface area contributed by atoms with Gasteiger partial charge in [-0.1, -0.05) is 25.8 Å². The smallest absolute Gasteiger partial charge is 0.254 e. The van der Waals surface area contributed by atoms with Crippen LogP contribution in [0.4, 0.5) is 4.39 Å². The fourth-order valence-corrected chi connectivity index (χ4v) is 3.96. The largest absolute Gasteiger partial charge is 0.334 e. The molecule has 1 atom stereocenters. The van der Waals surface area contributed by atoms with Crippen LogP contribution in [0.3, 0.4) is 0 Å². The van der Waals surface area contributed by atoms with Gasteiger partial charge in [0.1, 0.15) is 5.82 Å². The Hall–Kier alpha value is -1.42. The molecule has 0 radical (unpaired) electrons. The van der Waals surface area contributed by atoms with Crippen molar-refractivity contribution in [3.63, 3.8) is 0 Å². The third-order valence-corrected chi connectivity index (χ3v) is 5.55. The van der Waals surface area contributed by atoms with Crippen LogP contribution in [-0.2, 0) is 0 Å². The second-order valence-electron chi connectivity index (χ2n) is 7.50. The van der Waals surface area contributed by atoms with Gasteiger partial charge in [-0.15, -0.1) is 0 Å². The van der Waals surface area contributed by atoms with Crippen molar-refractivity contribution in [2.75, 3.05) is 26.2 Å². The minimum Gasteiger partial charge on any atom is -0.334 e. The number of carbonyl (C=O) groups excluding carboxylic acids is 1. The molecule has 0 aliphatic carbocycles. The quantitative estimate of drug-likeness (QED) is 0.837. The van der Waals surface area contributed by atoms with Gasteiger partial charge in [0.2, 0.25) is 0 Å². The number of halogens is 1. The molecule has 0 spiro atoms. The molecule has 1 amide bonds. The lowest BCUT2D eigenvalue weighted by atomic mass is 9.98. The van der Waals surface area contributed by atoms with E-state index >= 15 is 0 Å². The highest BCUT2D eigenvalue weighted by Crippen LogP contribution is 2.23. The van der Waals surface area contributed by atoms with Gasteiger partial charge in [-0.2, -0.15) is 0 Å². The van der Waals surface area contributed by atoms with Crippen molar-refractivity contribution in [2.24, 2.45) is 5.92 Å². The topological polar surface area (TPSA) is 23.6 Å². The number of amides is 1. The number of hydrogen-bond acceptors (Lipinski definition) is 2. The molecule has 4 heteroatoms. The van der Waals surface area contributed by atoms with Crippen LogP contribution in [0, 0.1) is 11.7 Å². The molecule has 2 fully saturated rings. The molecule has 2 heterocycles. The summed E-state index contributed by atoms with van der Waals surface area (Å²) in [5.74, 6) is 0.476. The van der Waals surface area contributed by atoms with Crippen molar-refractivity contribution in [1.82, 2.24) is 9.80 Å². The van der Waals surface area contributed by atoms with Gasteiger partial charge in [0.25, 0.3) is 5.91 Å². The summed E-state index contributed by atoms with van der Waals surface area (Å²) < 4.78 is 13.5. The van der Waals surface area contributed by atoms with E-state index in [0.29, 0.717) is 5.56 Å². The molecule has 2 aliphatic rings. The van der Waals surface area contributed by atoms with E-state index in [1.807, 2.05) is 4.90 Å². The lowest BCUT2D eigenvalue weighted by Crippen LogP contribution is -2.48. The molecule has 0 saturated carbocycles. The Bertz CT molecular complexity index is 554. The van der Waals surface area contributed by atoms with Crippen LogP contribution in [0.25, 0.3) is 0 Å². The van der Waals surface area contributed by atoms with Crippen LogP contribution < -0.4 is 0 Å². The second kappa shape index (κ2) is 8.11. The van der Waals surface area contributed by atoms with Crippen molar-refractivity contribution < 1.29 is 9.18 Å². The Balaban J connectivity index is 1.71. The van der Waals surface area contributed by atoms with Gasteiger partial charge < -0.3 is 9.80 Å². The summed E-state index contributed by atoms with van der Waals surface area (Å²) in [6.45, 7) is 6.36. The average Bonchev–Trinajstić information content (AvgIpc) is 2.82. The molecule has 3 nitrogen and oxygen atoms in total. The van der Waals surface area contributed by atoms with Crippen molar-refractivity contribution >= 4 is 5.91 Å². The summed E-state index contributed by atoms with van der Waals surface area (Å²) in [5, 5.41) is 0. The van der Waals surface area contributed by atoms with E-state index in [1.165, 1.54) is 37.8 Å². The van der Waals surface area contributed by atoms with E-state index in [4.69, 9.17) is 0 Å². The monoisotopic (exact) mass is 332 g/mol. The molecule has 24 heavy (non-hydrogen) atoms. The Morgan fingerprint density at radius 3 is 2.67 bits per heavy atom. The first-order valence-corrected chi connectivity index (χ1v) is 9.42. The SMILES string of the molecule is CC1CCN(CC2CCCCCN2C(=O)c2cccc(F)c2)CC1. The molecule has 0 aromatic heterocycles. The van der Waals surface area contributed by atoms with Crippen LogP contribution >= 0.6 is 0 Å². The molecule has 2 aliphatic heterocycles. The second-order valence-corrected chi connectivity index (χ2v) is 7.50. The maximum absolute atomic E-state index is 13.5. The Morgan fingerprint density at radius 2 is 1.92 bits per heavy atom. The number of nitrogens with zero attached hydrogens (tertiary/aromatic N) is 2. The predicted molar refractivity (Wildman–Crippen MR) is 94.5 cm³/mol. The summed E-state index contributed by atoms with van der Waals surface area (Å²) in [6, 6.07) is 6.38. The zero-order valence-electron chi connectivity index (χ0n) is 14.7. The lowest BCUT2D eigenvalue weighted by Gasteiger charge is -2.37. The molecule has 0 N–H and O–H groups in total. The van der Waals surface area contributed by atoms with Gasteiger partial charge in [0, 0.05) is 24.7 Å². The minimum absolute atomic E-state index is 0.00761. The third kappa shape index (κ3) is 4.35. The van der Waals surface area contributed by atoms with Gasteiger partial charge in [0.05, 0.1) is 0 Å². The highest BCUT2D eigenvalue weighted by atomic mass is 19.1. The van der Waals surface area contributed by atoms with E-state index in [0.717, 1.165) is 44.9 Å². The van der Waals surface area contributed by atoms with E-state index in [1.54, 1.807) is 12.1 Å². The molecule has 1 aromatic carbocycles. The maximum Gasteiger partial charge on any atom is 0.254 e. The maximum atomic E-state index is 13.5. The van der Waals surface area contributed by atoms with E-state index < -0.39 is 0 Å². The summed E-state index contributed by atoms with van der Waals surface area (Å²) in [6.07, 6.45) is 6.99. The Labute approximate surface area is 144 Å². The Kier molecular flexibility index (Phi) is 5.88.